The molecule has 0 saturated heterocycles. The van der Waals surface area contributed by atoms with Gasteiger partial charge >= 0.3 is 0 Å². The van der Waals surface area contributed by atoms with Crippen LogP contribution in [0.5, 0.6) is 0 Å². The highest BCUT2D eigenvalue weighted by Crippen LogP contribution is 2.32. The van der Waals surface area contributed by atoms with Gasteiger partial charge in [0.2, 0.25) is 0 Å². The van der Waals surface area contributed by atoms with Crippen LogP contribution in [0, 0.1) is 5.92 Å². The lowest BCUT2D eigenvalue weighted by molar-refractivity contribution is 0.0508. The smallest absolute Gasteiger partial charge is 0.0331 e. The summed E-state index contributed by atoms with van der Waals surface area (Å²) in [5.74, 6) is 0.769. The molecule has 1 aliphatic rings. The molecule has 108 valence electrons. The van der Waals surface area contributed by atoms with Gasteiger partial charge in [-0.05, 0) is 39.2 Å². The minimum Gasteiger partial charge on any atom is -0.329 e. The Hall–Kier alpha value is -0.0800. The van der Waals surface area contributed by atoms with Crippen molar-refractivity contribution >= 4 is 0 Å². The lowest BCUT2D eigenvalue weighted by Gasteiger charge is -2.46. The molecule has 2 heteroatoms. The van der Waals surface area contributed by atoms with Gasteiger partial charge in [-0.3, -0.25) is 4.90 Å². The van der Waals surface area contributed by atoms with Crippen LogP contribution < -0.4 is 5.73 Å². The normalized spacial score (nSPS) is 22.8. The number of rotatable bonds is 5. The number of hydrogen-bond acceptors (Lipinski definition) is 2. The van der Waals surface area contributed by atoms with Gasteiger partial charge in [0.1, 0.15) is 0 Å². The van der Waals surface area contributed by atoms with E-state index in [1.165, 1.54) is 51.4 Å². The van der Waals surface area contributed by atoms with Gasteiger partial charge in [-0.2, -0.15) is 0 Å². The third-order valence-corrected chi connectivity index (χ3v) is 4.89. The predicted octanol–water partition coefficient (Wildman–Crippen LogP) is 3.79. The molecule has 0 bridgehead atoms. The largest absolute Gasteiger partial charge is 0.329 e. The van der Waals surface area contributed by atoms with Crippen molar-refractivity contribution in [1.82, 2.24) is 4.90 Å². The highest BCUT2D eigenvalue weighted by atomic mass is 15.2. The Labute approximate surface area is 114 Å². The van der Waals surface area contributed by atoms with E-state index in [1.54, 1.807) is 0 Å². The summed E-state index contributed by atoms with van der Waals surface area (Å²) < 4.78 is 0. The van der Waals surface area contributed by atoms with Crippen molar-refractivity contribution in [3.05, 3.63) is 0 Å². The second kappa shape index (κ2) is 7.49. The molecule has 1 rings (SSSR count). The van der Waals surface area contributed by atoms with Crippen LogP contribution in [0.25, 0.3) is 0 Å². The lowest BCUT2D eigenvalue weighted by atomic mass is 9.81. The molecular weight excluding hydrogens is 220 g/mol. The zero-order valence-corrected chi connectivity index (χ0v) is 13.0. The third kappa shape index (κ3) is 4.24. The average molecular weight is 254 g/mol. The Bertz CT molecular complexity index is 217. The Balaban J connectivity index is 2.70. The van der Waals surface area contributed by atoms with E-state index in [0.717, 1.165) is 12.5 Å². The summed E-state index contributed by atoms with van der Waals surface area (Å²) in [5, 5.41) is 0. The van der Waals surface area contributed by atoms with E-state index in [4.69, 9.17) is 5.73 Å². The first-order chi connectivity index (χ1) is 8.52. The molecule has 2 nitrogen and oxygen atoms in total. The van der Waals surface area contributed by atoms with Crippen LogP contribution in [0.1, 0.15) is 72.1 Å². The van der Waals surface area contributed by atoms with Gasteiger partial charge in [0.05, 0.1) is 0 Å². The van der Waals surface area contributed by atoms with Gasteiger partial charge in [-0.1, -0.05) is 46.0 Å². The van der Waals surface area contributed by atoms with Gasteiger partial charge in [-0.15, -0.1) is 0 Å². The molecule has 0 aliphatic heterocycles. The van der Waals surface area contributed by atoms with Crippen molar-refractivity contribution < 1.29 is 0 Å². The van der Waals surface area contributed by atoms with Crippen LogP contribution >= 0.6 is 0 Å². The maximum Gasteiger partial charge on any atom is 0.0331 e. The molecule has 0 spiro atoms. The Morgan fingerprint density at radius 1 is 1.00 bits per heavy atom. The summed E-state index contributed by atoms with van der Waals surface area (Å²) in [7, 11) is 2.31. The molecule has 0 radical (unpaired) electrons. The molecule has 1 unspecified atom stereocenters. The van der Waals surface area contributed by atoms with Crippen molar-refractivity contribution in [3.8, 4) is 0 Å². The molecule has 1 aliphatic carbocycles. The maximum absolute atomic E-state index is 6.19. The van der Waals surface area contributed by atoms with Gasteiger partial charge in [0.25, 0.3) is 0 Å². The van der Waals surface area contributed by atoms with E-state index in [-0.39, 0.29) is 5.54 Å². The van der Waals surface area contributed by atoms with Crippen LogP contribution in [0.2, 0.25) is 0 Å². The zero-order chi connectivity index (χ0) is 13.6. The standard InChI is InChI=1S/C16H34N2/c1-14(2)12-15(3)18(4)16(13-17)10-8-6-5-7-9-11-16/h14-15H,5-13,17H2,1-4H3. The topological polar surface area (TPSA) is 29.3 Å². The minimum absolute atomic E-state index is 0.273. The molecular formula is C16H34N2. The van der Waals surface area contributed by atoms with E-state index in [0.29, 0.717) is 6.04 Å². The summed E-state index contributed by atoms with van der Waals surface area (Å²) in [6.45, 7) is 7.83. The second-order valence-corrected chi connectivity index (χ2v) is 6.79. The predicted molar refractivity (Wildman–Crippen MR) is 80.8 cm³/mol. The lowest BCUT2D eigenvalue weighted by Crippen LogP contribution is -2.55. The first-order valence-corrected chi connectivity index (χ1v) is 7.95. The number of likely N-dealkylation sites (N-methyl/N-ethyl adjacent to an activating group) is 1. The highest BCUT2D eigenvalue weighted by Gasteiger charge is 2.35. The molecule has 18 heavy (non-hydrogen) atoms. The van der Waals surface area contributed by atoms with Crippen LogP contribution in [-0.2, 0) is 0 Å². The van der Waals surface area contributed by atoms with Crippen LogP contribution in [0.3, 0.4) is 0 Å². The van der Waals surface area contributed by atoms with E-state index in [1.807, 2.05) is 0 Å². The fourth-order valence-electron chi connectivity index (χ4n) is 3.57. The van der Waals surface area contributed by atoms with Crippen molar-refractivity contribution in [3.63, 3.8) is 0 Å². The summed E-state index contributed by atoms with van der Waals surface area (Å²) in [5.41, 5.74) is 6.46. The molecule has 0 amide bonds. The molecule has 0 aromatic carbocycles. The van der Waals surface area contributed by atoms with Crippen LogP contribution in [-0.4, -0.2) is 30.1 Å². The summed E-state index contributed by atoms with van der Waals surface area (Å²) in [6.07, 6.45) is 10.8. The minimum atomic E-state index is 0.273. The quantitative estimate of drug-likeness (QED) is 0.808. The number of nitrogens with zero attached hydrogens (tertiary/aromatic N) is 1. The average Bonchev–Trinajstić information content (AvgIpc) is 2.28. The van der Waals surface area contributed by atoms with Gasteiger partial charge in [-0.25, -0.2) is 0 Å². The molecule has 0 aromatic rings. The van der Waals surface area contributed by atoms with Gasteiger partial charge in [0.15, 0.2) is 0 Å². The summed E-state index contributed by atoms with van der Waals surface area (Å²) >= 11 is 0. The Morgan fingerprint density at radius 2 is 1.50 bits per heavy atom. The fraction of sp³-hybridized carbons (Fsp3) is 1.00. The first kappa shape index (κ1) is 16.0. The van der Waals surface area contributed by atoms with E-state index < -0.39 is 0 Å². The first-order valence-electron chi connectivity index (χ1n) is 7.95. The fourth-order valence-corrected chi connectivity index (χ4v) is 3.57. The second-order valence-electron chi connectivity index (χ2n) is 6.79. The number of nitrogens with two attached hydrogens (primary N) is 1. The highest BCUT2D eigenvalue weighted by molar-refractivity contribution is 4.93. The Kier molecular flexibility index (Phi) is 6.65. The molecule has 1 fully saturated rings. The summed E-state index contributed by atoms with van der Waals surface area (Å²) in [6, 6.07) is 0.646. The SMILES string of the molecule is CC(C)CC(C)N(C)C1(CN)CCCCCCC1. The van der Waals surface area contributed by atoms with E-state index in [9.17, 15) is 0 Å². The third-order valence-electron chi connectivity index (χ3n) is 4.89. The van der Waals surface area contributed by atoms with Crippen molar-refractivity contribution in [2.45, 2.75) is 83.7 Å². The molecule has 1 atom stereocenters. The molecule has 0 aromatic heterocycles. The van der Waals surface area contributed by atoms with Crippen molar-refractivity contribution in [2.24, 2.45) is 11.7 Å². The molecule has 0 heterocycles. The van der Waals surface area contributed by atoms with E-state index >= 15 is 0 Å². The van der Waals surface area contributed by atoms with Crippen LogP contribution in [0.15, 0.2) is 0 Å². The maximum atomic E-state index is 6.19. The monoisotopic (exact) mass is 254 g/mol. The van der Waals surface area contributed by atoms with Gasteiger partial charge < -0.3 is 5.73 Å². The Morgan fingerprint density at radius 3 is 1.94 bits per heavy atom. The van der Waals surface area contributed by atoms with Crippen LogP contribution in [0.4, 0.5) is 0 Å². The van der Waals surface area contributed by atoms with Crippen molar-refractivity contribution in [2.75, 3.05) is 13.6 Å². The molecule has 1 saturated carbocycles. The van der Waals surface area contributed by atoms with Gasteiger partial charge in [0, 0.05) is 18.1 Å². The number of hydrogen-bond donors (Lipinski definition) is 1. The summed E-state index contributed by atoms with van der Waals surface area (Å²) in [4.78, 5) is 2.61. The molecule has 2 N–H and O–H groups in total. The van der Waals surface area contributed by atoms with E-state index in [2.05, 4.69) is 32.7 Å². The van der Waals surface area contributed by atoms with Crippen molar-refractivity contribution in [1.29, 1.82) is 0 Å². The zero-order valence-electron chi connectivity index (χ0n) is 13.0.